The third kappa shape index (κ3) is 5.82. The molecular formula is C14H23N3O3S. The average Bonchev–Trinajstić information content (AvgIpc) is 2.43. The lowest BCUT2D eigenvalue weighted by Gasteiger charge is -2.10. The molecule has 1 atom stereocenters. The highest BCUT2D eigenvalue weighted by Gasteiger charge is 2.15. The molecule has 0 aliphatic heterocycles. The number of amides is 1. The van der Waals surface area contributed by atoms with Crippen molar-refractivity contribution in [3.63, 3.8) is 0 Å². The Balaban J connectivity index is 2.63. The number of rotatable bonds is 7. The van der Waals surface area contributed by atoms with Crippen molar-refractivity contribution in [1.82, 2.24) is 10.0 Å². The Bertz CT molecular complexity index is 566. The third-order valence-electron chi connectivity index (χ3n) is 2.85. The van der Waals surface area contributed by atoms with Crippen LogP contribution in [-0.2, 0) is 14.8 Å². The molecule has 0 saturated carbocycles. The van der Waals surface area contributed by atoms with Gasteiger partial charge in [-0.25, -0.2) is 13.1 Å². The van der Waals surface area contributed by atoms with Crippen molar-refractivity contribution in [2.24, 2.45) is 11.7 Å². The number of carbonyl (C=O) groups excluding carboxylic acids is 1. The minimum Gasteiger partial charge on any atom is -0.355 e. The fraction of sp³-hybridized carbons (Fsp3) is 0.500. The van der Waals surface area contributed by atoms with Gasteiger partial charge in [0, 0.05) is 12.6 Å². The van der Waals surface area contributed by atoms with Crippen LogP contribution >= 0.6 is 0 Å². The molecule has 6 nitrogen and oxygen atoms in total. The second kappa shape index (κ2) is 7.53. The highest BCUT2D eigenvalue weighted by molar-refractivity contribution is 7.89. The maximum atomic E-state index is 12.0. The first-order valence-electron chi connectivity index (χ1n) is 6.84. The molecule has 1 unspecified atom stereocenters. The van der Waals surface area contributed by atoms with Gasteiger partial charge in [0.1, 0.15) is 0 Å². The summed E-state index contributed by atoms with van der Waals surface area (Å²) in [6, 6.07) is 6.13. The number of nitrogens with two attached hydrogens (primary N) is 1. The Morgan fingerprint density at radius 2 is 1.76 bits per heavy atom. The quantitative estimate of drug-likeness (QED) is 0.691. The molecule has 4 N–H and O–H groups in total. The molecule has 118 valence electrons. The zero-order chi connectivity index (χ0) is 16.0. The summed E-state index contributed by atoms with van der Waals surface area (Å²) >= 11 is 0. The Hall–Kier alpha value is -1.44. The Morgan fingerprint density at radius 3 is 2.24 bits per heavy atom. The predicted octanol–water partition coefficient (Wildman–Crippen LogP) is 0.757. The number of hydrogen-bond acceptors (Lipinski definition) is 4. The van der Waals surface area contributed by atoms with Crippen LogP contribution in [-0.4, -0.2) is 27.4 Å². The van der Waals surface area contributed by atoms with E-state index in [1.54, 1.807) is 12.1 Å². The predicted molar refractivity (Wildman–Crippen MR) is 82.1 cm³/mol. The van der Waals surface area contributed by atoms with Crippen molar-refractivity contribution < 1.29 is 13.2 Å². The zero-order valence-corrected chi connectivity index (χ0v) is 13.4. The molecule has 0 spiro atoms. The van der Waals surface area contributed by atoms with Crippen LogP contribution in [0.5, 0.6) is 0 Å². The lowest BCUT2D eigenvalue weighted by Crippen LogP contribution is -2.38. The van der Waals surface area contributed by atoms with E-state index in [-0.39, 0.29) is 23.4 Å². The van der Waals surface area contributed by atoms with E-state index in [4.69, 9.17) is 5.73 Å². The summed E-state index contributed by atoms with van der Waals surface area (Å²) in [6.07, 6.45) is 0. The van der Waals surface area contributed by atoms with Gasteiger partial charge in [-0.15, -0.1) is 0 Å². The zero-order valence-electron chi connectivity index (χ0n) is 12.6. The number of benzene rings is 1. The minimum absolute atomic E-state index is 0.114. The molecule has 0 aliphatic carbocycles. The summed E-state index contributed by atoms with van der Waals surface area (Å²) < 4.78 is 26.3. The van der Waals surface area contributed by atoms with E-state index in [1.807, 2.05) is 20.8 Å². The van der Waals surface area contributed by atoms with Crippen LogP contribution in [0, 0.1) is 5.92 Å². The largest absolute Gasteiger partial charge is 0.355 e. The highest BCUT2D eigenvalue weighted by Crippen LogP contribution is 2.14. The number of sulfonamides is 1. The van der Waals surface area contributed by atoms with E-state index in [0.717, 1.165) is 5.56 Å². The van der Waals surface area contributed by atoms with E-state index in [9.17, 15) is 13.2 Å². The smallest absolute Gasteiger partial charge is 0.241 e. The van der Waals surface area contributed by atoms with Crippen molar-refractivity contribution in [2.45, 2.75) is 31.7 Å². The molecule has 1 aromatic rings. The lowest BCUT2D eigenvalue weighted by atomic mass is 10.1. The van der Waals surface area contributed by atoms with E-state index in [0.29, 0.717) is 12.5 Å². The van der Waals surface area contributed by atoms with Gasteiger partial charge in [-0.1, -0.05) is 26.0 Å². The first-order chi connectivity index (χ1) is 9.72. The molecule has 0 heterocycles. The van der Waals surface area contributed by atoms with Crippen LogP contribution in [0.2, 0.25) is 0 Å². The molecule has 1 rings (SSSR count). The van der Waals surface area contributed by atoms with Gasteiger partial charge >= 0.3 is 0 Å². The van der Waals surface area contributed by atoms with Crippen LogP contribution < -0.4 is 15.8 Å². The van der Waals surface area contributed by atoms with E-state index in [2.05, 4.69) is 10.0 Å². The van der Waals surface area contributed by atoms with Crippen LogP contribution in [0.15, 0.2) is 29.2 Å². The van der Waals surface area contributed by atoms with Crippen LogP contribution in [0.3, 0.4) is 0 Å². The normalized spacial score (nSPS) is 13.2. The van der Waals surface area contributed by atoms with E-state index >= 15 is 0 Å². The summed E-state index contributed by atoms with van der Waals surface area (Å²) in [5, 5.41) is 2.65. The van der Waals surface area contributed by atoms with Crippen LogP contribution in [0.25, 0.3) is 0 Å². The van der Waals surface area contributed by atoms with Gasteiger partial charge in [0.05, 0.1) is 11.4 Å². The number of hydrogen-bond donors (Lipinski definition) is 3. The molecule has 0 fully saturated rings. The summed E-state index contributed by atoms with van der Waals surface area (Å²) in [7, 11) is -3.69. The first-order valence-corrected chi connectivity index (χ1v) is 8.32. The topological polar surface area (TPSA) is 101 Å². The van der Waals surface area contributed by atoms with Gasteiger partial charge in [-0.2, -0.15) is 0 Å². The maximum absolute atomic E-state index is 12.0. The van der Waals surface area contributed by atoms with Gasteiger partial charge < -0.3 is 11.1 Å². The van der Waals surface area contributed by atoms with Crippen molar-refractivity contribution in [2.75, 3.05) is 13.1 Å². The van der Waals surface area contributed by atoms with E-state index in [1.165, 1.54) is 12.1 Å². The summed E-state index contributed by atoms with van der Waals surface area (Å²) in [4.78, 5) is 11.6. The second-order valence-electron chi connectivity index (χ2n) is 5.38. The van der Waals surface area contributed by atoms with Gasteiger partial charge in [0.25, 0.3) is 0 Å². The molecule has 1 amide bonds. The van der Waals surface area contributed by atoms with Crippen molar-refractivity contribution >= 4 is 15.9 Å². The van der Waals surface area contributed by atoms with Gasteiger partial charge in [0.2, 0.25) is 15.9 Å². The van der Waals surface area contributed by atoms with Crippen LogP contribution in [0.1, 0.15) is 32.4 Å². The minimum atomic E-state index is -3.69. The Kier molecular flexibility index (Phi) is 6.32. The molecule has 0 aromatic heterocycles. The Morgan fingerprint density at radius 1 is 1.19 bits per heavy atom. The maximum Gasteiger partial charge on any atom is 0.241 e. The summed E-state index contributed by atoms with van der Waals surface area (Å²) in [5.41, 5.74) is 6.56. The lowest BCUT2D eigenvalue weighted by molar-refractivity contribution is -0.120. The molecule has 7 heteroatoms. The second-order valence-corrected chi connectivity index (χ2v) is 7.15. The number of carbonyl (C=O) groups is 1. The van der Waals surface area contributed by atoms with Gasteiger partial charge in [-0.05, 0) is 30.5 Å². The Labute approximate surface area is 126 Å². The van der Waals surface area contributed by atoms with Gasteiger partial charge in [0.15, 0.2) is 0 Å². The van der Waals surface area contributed by atoms with Crippen molar-refractivity contribution in [1.29, 1.82) is 0 Å². The van der Waals surface area contributed by atoms with Crippen LogP contribution in [0.4, 0.5) is 0 Å². The molecular weight excluding hydrogens is 290 g/mol. The molecule has 21 heavy (non-hydrogen) atoms. The number of nitrogens with one attached hydrogen (secondary N) is 2. The first kappa shape index (κ1) is 17.6. The third-order valence-corrected chi connectivity index (χ3v) is 4.26. The summed E-state index contributed by atoms with van der Waals surface area (Å²) in [6.45, 7) is 5.99. The molecule has 0 bridgehead atoms. The summed E-state index contributed by atoms with van der Waals surface area (Å²) in [5.74, 6) is -0.0316. The average molecular weight is 313 g/mol. The molecule has 0 radical (unpaired) electrons. The fourth-order valence-corrected chi connectivity index (χ4v) is 2.56. The fourth-order valence-electron chi connectivity index (χ4n) is 1.57. The molecule has 0 aliphatic rings. The highest BCUT2D eigenvalue weighted by atomic mass is 32.2. The molecule has 0 saturated heterocycles. The van der Waals surface area contributed by atoms with E-state index < -0.39 is 10.0 Å². The van der Waals surface area contributed by atoms with Crippen molar-refractivity contribution in [3.05, 3.63) is 29.8 Å². The standard InChI is InChI=1S/C14H23N3O3S/c1-10(2)8-16-14(18)9-17-21(19,20)13-6-4-12(5-7-13)11(3)15/h4-7,10-11,17H,8-9,15H2,1-3H3,(H,16,18). The monoisotopic (exact) mass is 313 g/mol. The van der Waals surface area contributed by atoms with Gasteiger partial charge in [-0.3, -0.25) is 4.79 Å². The SMILES string of the molecule is CC(C)CNC(=O)CNS(=O)(=O)c1ccc(C(C)N)cc1. The molecule has 1 aromatic carbocycles. The van der Waals surface area contributed by atoms with Crippen molar-refractivity contribution in [3.8, 4) is 0 Å².